The molecule has 0 fully saturated rings. The lowest BCUT2D eigenvalue weighted by Gasteiger charge is -2.27. The van der Waals surface area contributed by atoms with E-state index in [-0.39, 0.29) is 30.3 Å². The number of rotatable bonds is 7. The molecule has 1 aliphatic rings. The molecule has 7 nitrogen and oxygen atoms in total. The third-order valence-electron chi connectivity index (χ3n) is 5.47. The Balaban J connectivity index is 1.59. The Bertz CT molecular complexity index is 926. The Labute approximate surface area is 177 Å². The summed E-state index contributed by atoms with van der Waals surface area (Å²) in [7, 11) is 0. The number of nitrogens with one attached hydrogen (secondary N) is 3. The van der Waals surface area contributed by atoms with Crippen LogP contribution in [0.2, 0.25) is 0 Å². The first-order valence-corrected chi connectivity index (χ1v) is 10.3. The fourth-order valence-corrected chi connectivity index (χ4v) is 3.81. The van der Waals surface area contributed by atoms with Crippen LogP contribution >= 0.6 is 0 Å². The van der Waals surface area contributed by atoms with E-state index < -0.39 is 0 Å². The molecule has 7 heteroatoms. The second-order valence-electron chi connectivity index (χ2n) is 7.59. The molecule has 2 aromatic rings. The number of benzene rings is 2. The zero-order valence-corrected chi connectivity index (χ0v) is 17.7. The highest BCUT2D eigenvalue weighted by Gasteiger charge is 2.33. The summed E-state index contributed by atoms with van der Waals surface area (Å²) in [5, 5.41) is 5.56. The van der Waals surface area contributed by atoms with Crippen molar-refractivity contribution < 1.29 is 19.3 Å². The first kappa shape index (κ1) is 21.5. The third kappa shape index (κ3) is 5.04. The molecule has 2 atom stereocenters. The van der Waals surface area contributed by atoms with E-state index in [1.165, 1.54) is 12.5 Å². The van der Waals surface area contributed by atoms with E-state index in [0.29, 0.717) is 24.5 Å². The van der Waals surface area contributed by atoms with Crippen LogP contribution < -0.4 is 20.4 Å². The minimum Gasteiger partial charge on any atom is -0.326 e. The van der Waals surface area contributed by atoms with Gasteiger partial charge in [0.1, 0.15) is 0 Å². The maximum absolute atomic E-state index is 13.1. The van der Waals surface area contributed by atoms with Crippen molar-refractivity contribution in [2.75, 3.05) is 35.2 Å². The number of para-hydroxylation sites is 1. The lowest BCUT2D eigenvalue weighted by atomic mass is 10.1. The van der Waals surface area contributed by atoms with E-state index in [4.69, 9.17) is 0 Å². The van der Waals surface area contributed by atoms with E-state index in [1.54, 1.807) is 24.3 Å². The summed E-state index contributed by atoms with van der Waals surface area (Å²) in [6.45, 7) is 6.86. The summed E-state index contributed by atoms with van der Waals surface area (Å²) in [6, 6.07) is 14.6. The molecule has 0 saturated carbocycles. The Morgan fingerprint density at radius 1 is 1.03 bits per heavy atom. The highest BCUT2D eigenvalue weighted by molar-refractivity contribution is 5.98. The molecule has 158 valence electrons. The van der Waals surface area contributed by atoms with Gasteiger partial charge in [0, 0.05) is 30.5 Å². The van der Waals surface area contributed by atoms with Crippen molar-refractivity contribution >= 4 is 34.8 Å². The predicted molar refractivity (Wildman–Crippen MR) is 118 cm³/mol. The van der Waals surface area contributed by atoms with Gasteiger partial charge in [0.15, 0.2) is 12.6 Å². The van der Waals surface area contributed by atoms with Gasteiger partial charge in [0.2, 0.25) is 5.91 Å². The molecule has 0 saturated heterocycles. The minimum absolute atomic E-state index is 0.0456. The van der Waals surface area contributed by atoms with Gasteiger partial charge in [-0.25, -0.2) is 0 Å². The van der Waals surface area contributed by atoms with Crippen LogP contribution in [0.15, 0.2) is 48.5 Å². The molecule has 1 heterocycles. The smallest absolute Gasteiger partial charge is 0.285 e. The fourth-order valence-electron chi connectivity index (χ4n) is 3.81. The van der Waals surface area contributed by atoms with Crippen molar-refractivity contribution in [1.29, 1.82) is 0 Å². The van der Waals surface area contributed by atoms with Crippen LogP contribution in [0, 0.1) is 0 Å². The van der Waals surface area contributed by atoms with Crippen molar-refractivity contribution in [2.24, 2.45) is 0 Å². The zero-order chi connectivity index (χ0) is 21.7. The quantitative estimate of drug-likeness (QED) is 0.648. The molecule has 1 aliphatic heterocycles. The number of hydrogen-bond acceptors (Lipinski definition) is 3. The Hall–Kier alpha value is -3.19. The fraction of sp³-hybridized carbons (Fsp3) is 0.348. The molecule has 0 aromatic heterocycles. The molecule has 3 amide bonds. The monoisotopic (exact) mass is 409 g/mol. The van der Waals surface area contributed by atoms with Gasteiger partial charge in [-0.3, -0.25) is 14.4 Å². The number of carbonyl (C=O) groups is 3. The molecular formula is C23H29N4O3+. The van der Waals surface area contributed by atoms with Gasteiger partial charge >= 0.3 is 0 Å². The molecule has 0 aliphatic carbocycles. The van der Waals surface area contributed by atoms with Crippen LogP contribution in [-0.4, -0.2) is 43.4 Å². The van der Waals surface area contributed by atoms with Gasteiger partial charge in [-0.05, 0) is 56.2 Å². The van der Waals surface area contributed by atoms with Crippen LogP contribution in [0.1, 0.15) is 26.3 Å². The summed E-state index contributed by atoms with van der Waals surface area (Å²) in [6.07, 6.45) is 0.866. The van der Waals surface area contributed by atoms with Gasteiger partial charge in [-0.15, -0.1) is 0 Å². The third-order valence-corrected chi connectivity index (χ3v) is 5.47. The molecule has 0 radical (unpaired) electrons. The summed E-state index contributed by atoms with van der Waals surface area (Å²) >= 11 is 0. The number of carbonyl (C=O) groups excluding carboxylic acids is 3. The topological polar surface area (TPSA) is 83.0 Å². The first-order chi connectivity index (χ1) is 14.4. The highest BCUT2D eigenvalue weighted by Crippen LogP contribution is 2.27. The van der Waals surface area contributed by atoms with Crippen LogP contribution in [0.4, 0.5) is 17.1 Å². The molecule has 3 rings (SSSR count). The second-order valence-corrected chi connectivity index (χ2v) is 7.59. The number of quaternary nitrogens is 1. The summed E-state index contributed by atoms with van der Waals surface area (Å²) in [5.74, 6) is -0.252. The van der Waals surface area contributed by atoms with E-state index in [9.17, 15) is 14.4 Å². The van der Waals surface area contributed by atoms with Crippen molar-refractivity contribution in [1.82, 2.24) is 0 Å². The molecule has 1 unspecified atom stereocenters. The maximum Gasteiger partial charge on any atom is 0.285 e. The van der Waals surface area contributed by atoms with Gasteiger partial charge < -0.3 is 20.4 Å². The number of nitrogens with zero attached hydrogens (tertiary/aromatic N) is 1. The predicted octanol–water partition coefficient (Wildman–Crippen LogP) is 1.47. The largest absolute Gasteiger partial charge is 0.326 e. The van der Waals surface area contributed by atoms with Gasteiger partial charge in [0.25, 0.3) is 11.8 Å². The maximum atomic E-state index is 13.1. The SMILES string of the molecule is CC[NH+](CC(=O)Nc1ccc(NC(C)=O)cc1)[C@@H](C)C(=O)N1CCc2ccccc21. The second kappa shape index (κ2) is 9.54. The zero-order valence-electron chi connectivity index (χ0n) is 17.7. The van der Waals surface area contributed by atoms with Crippen LogP contribution in [0.5, 0.6) is 0 Å². The lowest BCUT2D eigenvalue weighted by molar-refractivity contribution is -0.904. The average molecular weight is 410 g/mol. The van der Waals surface area contributed by atoms with Crippen molar-refractivity contribution in [3.05, 3.63) is 54.1 Å². The molecule has 0 spiro atoms. The lowest BCUT2D eigenvalue weighted by Crippen LogP contribution is -3.17. The average Bonchev–Trinajstić information content (AvgIpc) is 3.16. The summed E-state index contributed by atoms with van der Waals surface area (Å²) in [4.78, 5) is 39.5. The van der Waals surface area contributed by atoms with Crippen molar-refractivity contribution in [3.63, 3.8) is 0 Å². The van der Waals surface area contributed by atoms with Crippen molar-refractivity contribution in [3.8, 4) is 0 Å². The summed E-state index contributed by atoms with van der Waals surface area (Å²) < 4.78 is 0. The normalized spacial score (nSPS) is 14.6. The van der Waals surface area contributed by atoms with E-state index in [2.05, 4.69) is 16.7 Å². The van der Waals surface area contributed by atoms with Crippen LogP contribution in [0.25, 0.3) is 0 Å². The summed E-state index contributed by atoms with van der Waals surface area (Å²) in [5.41, 5.74) is 3.49. The number of likely N-dealkylation sites (N-methyl/N-ethyl adjacent to an activating group) is 1. The molecule has 3 N–H and O–H groups in total. The minimum atomic E-state index is -0.325. The molecular weight excluding hydrogens is 380 g/mol. The Kier molecular flexibility index (Phi) is 6.84. The molecule has 30 heavy (non-hydrogen) atoms. The Morgan fingerprint density at radius 2 is 1.67 bits per heavy atom. The molecule has 2 aromatic carbocycles. The number of anilines is 3. The van der Waals surface area contributed by atoms with Crippen LogP contribution in [-0.2, 0) is 20.8 Å². The molecule has 0 bridgehead atoms. The van der Waals surface area contributed by atoms with Gasteiger partial charge in [-0.1, -0.05) is 18.2 Å². The van der Waals surface area contributed by atoms with E-state index in [0.717, 1.165) is 17.0 Å². The first-order valence-electron chi connectivity index (χ1n) is 10.3. The Morgan fingerprint density at radius 3 is 2.30 bits per heavy atom. The van der Waals surface area contributed by atoms with Crippen molar-refractivity contribution in [2.45, 2.75) is 33.2 Å². The van der Waals surface area contributed by atoms with Gasteiger partial charge in [-0.2, -0.15) is 0 Å². The standard InChI is InChI=1S/C23H28N4O3/c1-4-26(15-22(29)25-20-11-9-19(10-12-20)24-17(3)28)16(2)23(30)27-14-13-18-7-5-6-8-21(18)27/h5-12,16H,4,13-15H2,1-3H3,(H,24,28)(H,25,29)/p+1/t16-/m0/s1. The van der Waals surface area contributed by atoms with E-state index in [1.807, 2.05) is 36.9 Å². The van der Waals surface area contributed by atoms with Crippen LogP contribution in [0.3, 0.4) is 0 Å². The number of fused-ring (bicyclic) bond motifs is 1. The van der Waals surface area contributed by atoms with Gasteiger partial charge in [0.05, 0.1) is 6.54 Å². The number of amides is 3. The van der Waals surface area contributed by atoms with E-state index >= 15 is 0 Å². The number of hydrogen-bond donors (Lipinski definition) is 3. The highest BCUT2D eigenvalue weighted by atomic mass is 16.2.